The smallest absolute Gasteiger partial charge is 0.295 e. The molecule has 0 aliphatic rings. The Balaban J connectivity index is 1.52. The lowest BCUT2D eigenvalue weighted by atomic mass is 10.3. The van der Waals surface area contributed by atoms with Gasteiger partial charge >= 0.3 is 0 Å². The first kappa shape index (κ1) is 16.5. The van der Waals surface area contributed by atoms with Crippen molar-refractivity contribution in [2.75, 3.05) is 5.32 Å². The van der Waals surface area contributed by atoms with Crippen molar-refractivity contribution < 1.29 is 9.18 Å². The molecule has 10 heteroatoms. The van der Waals surface area contributed by atoms with E-state index < -0.39 is 5.91 Å². The summed E-state index contributed by atoms with van der Waals surface area (Å²) in [6.07, 6.45) is 1.47. The van der Waals surface area contributed by atoms with Gasteiger partial charge in [0.2, 0.25) is 5.82 Å². The molecule has 2 heterocycles. The fourth-order valence-corrected chi connectivity index (χ4v) is 2.48. The number of carbonyl (C=O) groups is 1. The number of halogens is 1. The molecule has 0 saturated carbocycles. The lowest BCUT2D eigenvalue weighted by molar-refractivity contribution is 0.101. The maximum absolute atomic E-state index is 13.1. The van der Waals surface area contributed by atoms with E-state index in [0.717, 1.165) is 5.69 Å². The van der Waals surface area contributed by atoms with E-state index in [4.69, 9.17) is 0 Å². The number of tetrazole rings is 1. The Morgan fingerprint density at radius 1 is 1.04 bits per heavy atom. The topological polar surface area (TPSA) is 103 Å². The third-order valence-corrected chi connectivity index (χ3v) is 3.78. The molecule has 2 aromatic heterocycles. The van der Waals surface area contributed by atoms with E-state index in [1.165, 1.54) is 27.8 Å². The van der Waals surface area contributed by atoms with Gasteiger partial charge in [0.25, 0.3) is 5.91 Å². The maximum Gasteiger partial charge on any atom is 0.295 e. The zero-order valence-corrected chi connectivity index (χ0v) is 14.1. The molecular weight excluding hydrogens is 351 g/mol. The van der Waals surface area contributed by atoms with E-state index in [0.29, 0.717) is 17.2 Å². The van der Waals surface area contributed by atoms with E-state index >= 15 is 0 Å². The Bertz CT molecular complexity index is 1070. The first-order valence-electron chi connectivity index (χ1n) is 7.94. The summed E-state index contributed by atoms with van der Waals surface area (Å²) in [7, 11) is 0. The van der Waals surface area contributed by atoms with Gasteiger partial charge in [-0.05, 0) is 65.9 Å². The number of aromatic nitrogens is 7. The fourth-order valence-electron chi connectivity index (χ4n) is 2.48. The van der Waals surface area contributed by atoms with Crippen LogP contribution in [0.2, 0.25) is 0 Å². The van der Waals surface area contributed by atoms with Crippen molar-refractivity contribution in [3.63, 3.8) is 0 Å². The molecule has 0 spiro atoms. The zero-order chi connectivity index (χ0) is 18.8. The highest BCUT2D eigenvalue weighted by Gasteiger charge is 2.15. The van der Waals surface area contributed by atoms with Crippen LogP contribution in [0.5, 0.6) is 0 Å². The number of amides is 1. The number of hydrogen-bond acceptors (Lipinski definition) is 6. The Labute approximate surface area is 152 Å². The summed E-state index contributed by atoms with van der Waals surface area (Å²) in [4.78, 5) is 16.6. The molecule has 1 N–H and O–H groups in total. The molecule has 0 fully saturated rings. The predicted molar refractivity (Wildman–Crippen MR) is 93.2 cm³/mol. The second kappa shape index (κ2) is 6.75. The van der Waals surface area contributed by atoms with Crippen molar-refractivity contribution in [1.82, 2.24) is 35.0 Å². The van der Waals surface area contributed by atoms with Gasteiger partial charge in [0, 0.05) is 5.69 Å². The molecule has 0 aliphatic heterocycles. The summed E-state index contributed by atoms with van der Waals surface area (Å²) in [5, 5.41) is 17.9. The van der Waals surface area contributed by atoms with Crippen LogP contribution in [-0.2, 0) is 0 Å². The number of aryl methyl sites for hydroxylation is 1. The molecule has 0 bridgehead atoms. The van der Waals surface area contributed by atoms with Crippen LogP contribution in [0.25, 0.3) is 11.4 Å². The lowest BCUT2D eigenvalue weighted by Crippen LogP contribution is -2.14. The Morgan fingerprint density at radius 2 is 1.74 bits per heavy atom. The van der Waals surface area contributed by atoms with Crippen molar-refractivity contribution in [2.45, 2.75) is 6.92 Å². The Morgan fingerprint density at radius 3 is 2.41 bits per heavy atom. The Kier molecular flexibility index (Phi) is 4.13. The van der Waals surface area contributed by atoms with E-state index in [9.17, 15) is 9.18 Å². The molecule has 1 amide bonds. The monoisotopic (exact) mass is 364 g/mol. The minimum atomic E-state index is -0.450. The predicted octanol–water partition coefficient (Wildman–Crippen LogP) is 1.94. The van der Waals surface area contributed by atoms with Crippen molar-refractivity contribution >= 4 is 11.6 Å². The standard InChI is InChI=1S/C17H13FN8O/c1-11-20-16(22-26(11)15-6-2-12(18)3-7-15)17(27)21-13-4-8-14(9-5-13)25-10-19-23-24-25/h2-10H,1H3,(H,21,27). The molecule has 0 radical (unpaired) electrons. The van der Waals surface area contributed by atoms with Gasteiger partial charge in [-0.15, -0.1) is 10.2 Å². The van der Waals surface area contributed by atoms with Crippen LogP contribution in [0, 0.1) is 12.7 Å². The second-order valence-corrected chi connectivity index (χ2v) is 5.63. The molecule has 0 aliphatic carbocycles. The summed E-state index contributed by atoms with van der Waals surface area (Å²) in [5.74, 6) is -0.268. The molecule has 0 atom stereocenters. The quantitative estimate of drug-likeness (QED) is 0.594. The molecule has 4 aromatic rings. The van der Waals surface area contributed by atoms with Gasteiger partial charge in [-0.3, -0.25) is 4.79 Å². The fraction of sp³-hybridized carbons (Fsp3) is 0.0588. The van der Waals surface area contributed by atoms with Crippen molar-refractivity contribution in [1.29, 1.82) is 0 Å². The number of carbonyl (C=O) groups excluding carboxylic acids is 1. The number of nitrogens with one attached hydrogen (secondary N) is 1. The minimum absolute atomic E-state index is 0.0152. The second-order valence-electron chi connectivity index (χ2n) is 5.63. The van der Waals surface area contributed by atoms with Crippen LogP contribution in [0.1, 0.15) is 16.4 Å². The van der Waals surface area contributed by atoms with Gasteiger partial charge in [0.15, 0.2) is 0 Å². The summed E-state index contributed by atoms with van der Waals surface area (Å²) in [6, 6.07) is 12.7. The number of anilines is 1. The highest BCUT2D eigenvalue weighted by atomic mass is 19.1. The van der Waals surface area contributed by atoms with Crippen LogP contribution in [0.15, 0.2) is 54.9 Å². The van der Waals surface area contributed by atoms with Crippen LogP contribution >= 0.6 is 0 Å². The molecule has 9 nitrogen and oxygen atoms in total. The van der Waals surface area contributed by atoms with Crippen LogP contribution in [0.3, 0.4) is 0 Å². The number of rotatable bonds is 4. The molecular formula is C17H13FN8O. The lowest BCUT2D eigenvalue weighted by Gasteiger charge is -2.04. The normalized spacial score (nSPS) is 10.7. The highest BCUT2D eigenvalue weighted by molar-refractivity contribution is 6.01. The minimum Gasteiger partial charge on any atom is -0.319 e. The van der Waals surface area contributed by atoms with Gasteiger partial charge in [0.1, 0.15) is 18.0 Å². The van der Waals surface area contributed by atoms with E-state index in [2.05, 4.69) is 30.9 Å². The average Bonchev–Trinajstić information content (AvgIpc) is 3.33. The van der Waals surface area contributed by atoms with Crippen molar-refractivity contribution in [3.05, 3.63) is 72.3 Å². The van der Waals surface area contributed by atoms with Crippen molar-refractivity contribution in [2.24, 2.45) is 0 Å². The molecule has 27 heavy (non-hydrogen) atoms. The van der Waals surface area contributed by atoms with Crippen LogP contribution < -0.4 is 5.32 Å². The van der Waals surface area contributed by atoms with Crippen LogP contribution in [-0.4, -0.2) is 40.9 Å². The molecule has 4 rings (SSSR count). The van der Waals surface area contributed by atoms with E-state index in [-0.39, 0.29) is 11.6 Å². The van der Waals surface area contributed by atoms with Gasteiger partial charge in [0.05, 0.1) is 11.4 Å². The first-order valence-corrected chi connectivity index (χ1v) is 7.94. The average molecular weight is 364 g/mol. The molecule has 134 valence electrons. The summed E-state index contributed by atoms with van der Waals surface area (Å²) < 4.78 is 16.1. The summed E-state index contributed by atoms with van der Waals surface area (Å²) >= 11 is 0. The van der Waals surface area contributed by atoms with Gasteiger partial charge in [-0.1, -0.05) is 0 Å². The zero-order valence-electron chi connectivity index (χ0n) is 14.1. The van der Waals surface area contributed by atoms with Crippen LogP contribution in [0.4, 0.5) is 10.1 Å². The van der Waals surface area contributed by atoms with E-state index in [1.54, 1.807) is 43.3 Å². The first-order chi connectivity index (χ1) is 13.1. The SMILES string of the molecule is Cc1nc(C(=O)Nc2ccc(-n3cnnn3)cc2)nn1-c1ccc(F)cc1. The number of benzene rings is 2. The van der Waals surface area contributed by atoms with E-state index in [1.807, 2.05) is 0 Å². The molecule has 2 aromatic carbocycles. The Hall–Kier alpha value is -3.95. The molecule has 0 saturated heterocycles. The number of hydrogen-bond donors (Lipinski definition) is 1. The highest BCUT2D eigenvalue weighted by Crippen LogP contribution is 2.14. The molecule has 0 unspecified atom stereocenters. The number of nitrogens with zero attached hydrogens (tertiary/aromatic N) is 7. The largest absolute Gasteiger partial charge is 0.319 e. The van der Waals surface area contributed by atoms with Gasteiger partial charge in [-0.2, -0.15) is 0 Å². The third kappa shape index (κ3) is 3.40. The third-order valence-electron chi connectivity index (χ3n) is 3.78. The van der Waals surface area contributed by atoms with Crippen molar-refractivity contribution in [3.8, 4) is 11.4 Å². The maximum atomic E-state index is 13.1. The summed E-state index contributed by atoms with van der Waals surface area (Å²) in [6.45, 7) is 1.72. The van der Waals surface area contributed by atoms with Gasteiger partial charge in [-0.25, -0.2) is 18.7 Å². The van der Waals surface area contributed by atoms with Gasteiger partial charge < -0.3 is 5.32 Å². The summed E-state index contributed by atoms with van der Waals surface area (Å²) in [5.41, 5.74) is 1.95.